The van der Waals surface area contributed by atoms with E-state index in [0.717, 1.165) is 11.1 Å². The number of hydrogen-bond donors (Lipinski definition) is 0. The molecule has 0 saturated heterocycles. The molecule has 0 fully saturated rings. The van der Waals surface area contributed by atoms with E-state index in [1.54, 1.807) is 26.4 Å². The SMILES string of the molecule is COc1cccc(CCC(=O)OCc2cc(Cl)c3c(c2)OCO3)c1OC. The molecule has 0 unspecified atom stereocenters. The molecule has 0 aromatic heterocycles. The average molecular weight is 379 g/mol. The van der Waals surface area contributed by atoms with Gasteiger partial charge in [0.15, 0.2) is 23.0 Å². The zero-order valence-electron chi connectivity index (χ0n) is 14.5. The van der Waals surface area contributed by atoms with Crippen LogP contribution in [0.1, 0.15) is 17.5 Å². The molecule has 2 aromatic carbocycles. The maximum absolute atomic E-state index is 12.1. The highest BCUT2D eigenvalue weighted by atomic mass is 35.5. The van der Waals surface area contributed by atoms with Gasteiger partial charge in [-0.1, -0.05) is 23.7 Å². The molecule has 0 N–H and O–H groups in total. The lowest BCUT2D eigenvalue weighted by Crippen LogP contribution is -2.07. The third-order valence-corrected chi connectivity index (χ3v) is 4.25. The molecule has 1 aliphatic rings. The normalized spacial score (nSPS) is 12.0. The average Bonchev–Trinajstić information content (AvgIpc) is 3.13. The molecule has 0 atom stereocenters. The molecule has 0 bridgehead atoms. The van der Waals surface area contributed by atoms with Crippen molar-refractivity contribution in [1.29, 1.82) is 0 Å². The van der Waals surface area contributed by atoms with E-state index in [2.05, 4.69) is 0 Å². The Balaban J connectivity index is 1.56. The van der Waals surface area contributed by atoms with Crippen molar-refractivity contribution in [3.8, 4) is 23.0 Å². The lowest BCUT2D eigenvalue weighted by atomic mass is 10.1. The zero-order chi connectivity index (χ0) is 18.5. The number of halogens is 1. The van der Waals surface area contributed by atoms with Gasteiger partial charge in [-0.05, 0) is 35.7 Å². The summed E-state index contributed by atoms with van der Waals surface area (Å²) in [5.74, 6) is 2.03. The van der Waals surface area contributed by atoms with Crippen LogP contribution in [0.4, 0.5) is 0 Å². The minimum Gasteiger partial charge on any atom is -0.493 e. The first-order valence-electron chi connectivity index (χ1n) is 8.06. The molecule has 138 valence electrons. The van der Waals surface area contributed by atoms with Gasteiger partial charge in [0.25, 0.3) is 0 Å². The van der Waals surface area contributed by atoms with E-state index >= 15 is 0 Å². The topological polar surface area (TPSA) is 63.2 Å². The Hall–Kier alpha value is -2.60. The Morgan fingerprint density at radius 3 is 2.81 bits per heavy atom. The number of ether oxygens (including phenoxy) is 5. The third-order valence-electron chi connectivity index (χ3n) is 3.97. The van der Waals surface area contributed by atoms with Gasteiger partial charge in [0.1, 0.15) is 6.61 Å². The number of carbonyl (C=O) groups is 1. The molecule has 0 amide bonds. The van der Waals surface area contributed by atoms with E-state index in [-0.39, 0.29) is 25.8 Å². The van der Waals surface area contributed by atoms with Crippen LogP contribution >= 0.6 is 11.6 Å². The van der Waals surface area contributed by atoms with Crippen LogP contribution in [-0.2, 0) is 22.6 Å². The highest BCUT2D eigenvalue weighted by molar-refractivity contribution is 6.32. The molecular formula is C19H19ClO6. The van der Waals surface area contributed by atoms with Crippen LogP contribution in [0.5, 0.6) is 23.0 Å². The summed E-state index contributed by atoms with van der Waals surface area (Å²) >= 11 is 6.12. The van der Waals surface area contributed by atoms with E-state index in [1.807, 2.05) is 18.2 Å². The molecule has 2 aromatic rings. The van der Waals surface area contributed by atoms with Crippen LogP contribution in [0, 0.1) is 0 Å². The Labute approximate surface area is 156 Å². The van der Waals surface area contributed by atoms with Crippen molar-refractivity contribution in [2.24, 2.45) is 0 Å². The van der Waals surface area contributed by atoms with Crippen molar-refractivity contribution >= 4 is 17.6 Å². The maximum atomic E-state index is 12.1. The lowest BCUT2D eigenvalue weighted by molar-refractivity contribution is -0.144. The number of carbonyl (C=O) groups excluding carboxylic acids is 1. The zero-order valence-corrected chi connectivity index (χ0v) is 15.3. The molecule has 26 heavy (non-hydrogen) atoms. The van der Waals surface area contributed by atoms with Crippen LogP contribution in [0.25, 0.3) is 0 Å². The predicted molar refractivity (Wildman–Crippen MR) is 95.2 cm³/mol. The second-order valence-electron chi connectivity index (χ2n) is 5.62. The summed E-state index contributed by atoms with van der Waals surface area (Å²) in [6.07, 6.45) is 0.711. The fourth-order valence-electron chi connectivity index (χ4n) is 2.73. The molecule has 1 aliphatic heterocycles. The van der Waals surface area contributed by atoms with Gasteiger partial charge in [0.2, 0.25) is 6.79 Å². The van der Waals surface area contributed by atoms with Crippen molar-refractivity contribution in [3.05, 3.63) is 46.5 Å². The largest absolute Gasteiger partial charge is 0.493 e. The minimum absolute atomic E-state index is 0.116. The molecule has 3 rings (SSSR count). The van der Waals surface area contributed by atoms with Crippen molar-refractivity contribution in [2.45, 2.75) is 19.4 Å². The fourth-order valence-corrected chi connectivity index (χ4v) is 3.02. The number of esters is 1. The third kappa shape index (κ3) is 3.96. The van der Waals surface area contributed by atoms with E-state index in [4.69, 9.17) is 35.3 Å². The quantitative estimate of drug-likeness (QED) is 0.683. The number of methoxy groups -OCH3 is 2. The van der Waals surface area contributed by atoms with Crippen LogP contribution in [-0.4, -0.2) is 27.0 Å². The first-order valence-corrected chi connectivity index (χ1v) is 8.43. The summed E-state index contributed by atoms with van der Waals surface area (Å²) in [6.45, 7) is 0.255. The van der Waals surface area contributed by atoms with Crippen molar-refractivity contribution in [2.75, 3.05) is 21.0 Å². The van der Waals surface area contributed by atoms with E-state index in [0.29, 0.717) is 34.4 Å². The summed E-state index contributed by atoms with van der Waals surface area (Å²) in [5, 5.41) is 0.437. The number of aryl methyl sites for hydroxylation is 1. The van der Waals surface area contributed by atoms with Gasteiger partial charge in [-0.15, -0.1) is 0 Å². The van der Waals surface area contributed by atoms with E-state index in [1.165, 1.54) is 0 Å². The first-order chi connectivity index (χ1) is 12.6. The highest BCUT2D eigenvalue weighted by Gasteiger charge is 2.19. The number of fused-ring (bicyclic) bond motifs is 1. The Bertz CT molecular complexity index is 805. The summed E-state index contributed by atoms with van der Waals surface area (Å²) in [6, 6.07) is 9.02. The summed E-state index contributed by atoms with van der Waals surface area (Å²) in [5.41, 5.74) is 1.63. The molecule has 7 heteroatoms. The van der Waals surface area contributed by atoms with Gasteiger partial charge in [-0.2, -0.15) is 0 Å². The fraction of sp³-hybridized carbons (Fsp3) is 0.316. The van der Waals surface area contributed by atoms with Crippen molar-refractivity contribution < 1.29 is 28.5 Å². The Morgan fingerprint density at radius 2 is 2.04 bits per heavy atom. The molecule has 0 saturated carbocycles. The number of para-hydroxylation sites is 1. The highest BCUT2D eigenvalue weighted by Crippen LogP contribution is 2.40. The molecular weight excluding hydrogens is 360 g/mol. The van der Waals surface area contributed by atoms with Gasteiger partial charge in [-0.25, -0.2) is 0 Å². The summed E-state index contributed by atoms with van der Waals surface area (Å²) in [4.78, 5) is 12.1. The van der Waals surface area contributed by atoms with Gasteiger partial charge >= 0.3 is 5.97 Å². The Kier molecular flexibility index (Phi) is 5.73. The van der Waals surface area contributed by atoms with Gasteiger partial charge in [0.05, 0.1) is 19.2 Å². The number of rotatable bonds is 7. The number of hydrogen-bond acceptors (Lipinski definition) is 6. The second-order valence-corrected chi connectivity index (χ2v) is 6.03. The summed E-state index contributed by atoms with van der Waals surface area (Å²) in [7, 11) is 3.15. The minimum atomic E-state index is -0.316. The van der Waals surface area contributed by atoms with Crippen molar-refractivity contribution in [1.82, 2.24) is 0 Å². The summed E-state index contributed by atoms with van der Waals surface area (Å²) < 4.78 is 26.5. The van der Waals surface area contributed by atoms with Crippen LogP contribution in [0.15, 0.2) is 30.3 Å². The molecule has 1 heterocycles. The van der Waals surface area contributed by atoms with Crippen LogP contribution in [0.2, 0.25) is 5.02 Å². The van der Waals surface area contributed by atoms with Gasteiger partial charge in [-0.3, -0.25) is 4.79 Å². The standard InChI is InChI=1S/C19H19ClO6/c1-22-15-5-3-4-13(18(15)23-2)6-7-17(21)24-10-12-8-14(20)19-16(9-12)25-11-26-19/h3-5,8-9H,6-7,10-11H2,1-2H3. The molecule has 6 nitrogen and oxygen atoms in total. The van der Waals surface area contributed by atoms with E-state index < -0.39 is 0 Å². The monoisotopic (exact) mass is 378 g/mol. The maximum Gasteiger partial charge on any atom is 0.306 e. The van der Waals surface area contributed by atoms with Crippen molar-refractivity contribution in [3.63, 3.8) is 0 Å². The van der Waals surface area contributed by atoms with Crippen LogP contribution in [0.3, 0.4) is 0 Å². The predicted octanol–water partition coefficient (Wildman–Crippen LogP) is 3.76. The smallest absolute Gasteiger partial charge is 0.306 e. The Morgan fingerprint density at radius 1 is 1.19 bits per heavy atom. The molecule has 0 spiro atoms. The second kappa shape index (κ2) is 8.19. The molecule has 0 aliphatic carbocycles. The first kappa shape index (κ1) is 18.2. The molecule has 0 radical (unpaired) electrons. The van der Waals surface area contributed by atoms with Gasteiger partial charge in [0, 0.05) is 6.42 Å². The van der Waals surface area contributed by atoms with Crippen LogP contribution < -0.4 is 18.9 Å². The lowest BCUT2D eigenvalue weighted by Gasteiger charge is -2.12. The number of benzene rings is 2. The van der Waals surface area contributed by atoms with E-state index in [9.17, 15) is 4.79 Å². The van der Waals surface area contributed by atoms with Gasteiger partial charge < -0.3 is 23.7 Å².